The molecule has 2 aromatic rings. The molecule has 0 saturated carbocycles. The summed E-state index contributed by atoms with van der Waals surface area (Å²) in [4.78, 5) is 29.4. The fraction of sp³-hybridized carbons (Fsp3) is 0.333. The molecule has 1 aromatic heterocycles. The predicted molar refractivity (Wildman–Crippen MR) is 92.2 cm³/mol. The molecule has 6 heteroatoms. The molecule has 1 saturated heterocycles. The fourth-order valence-corrected chi connectivity index (χ4v) is 5.17. The van der Waals surface area contributed by atoms with Crippen molar-refractivity contribution in [3.8, 4) is 0 Å². The second-order valence-electron chi connectivity index (χ2n) is 6.14. The van der Waals surface area contributed by atoms with Crippen molar-refractivity contribution >= 4 is 29.0 Å². The summed E-state index contributed by atoms with van der Waals surface area (Å²) in [6.07, 6.45) is -0.0139. The SMILES string of the molecule is COC(=O)N1c2ccccc2[C@@]2(c3cccs3)CCN(C(C)=O)[C@@H]12. The molecule has 0 N–H and O–H groups in total. The minimum atomic E-state index is -0.431. The molecular weight excluding hydrogens is 324 g/mol. The van der Waals surface area contributed by atoms with Crippen LogP contribution in [-0.2, 0) is 14.9 Å². The summed E-state index contributed by atoms with van der Waals surface area (Å²) in [7, 11) is 1.38. The normalized spacial score (nSPS) is 24.7. The lowest BCUT2D eigenvalue weighted by molar-refractivity contribution is -0.129. The van der Waals surface area contributed by atoms with Crippen molar-refractivity contribution in [1.82, 2.24) is 4.90 Å². The van der Waals surface area contributed by atoms with E-state index in [0.29, 0.717) is 6.54 Å². The van der Waals surface area contributed by atoms with Crippen molar-refractivity contribution in [2.75, 3.05) is 18.6 Å². The highest BCUT2D eigenvalue weighted by Gasteiger charge is 2.61. The van der Waals surface area contributed by atoms with Gasteiger partial charge in [0, 0.05) is 18.3 Å². The molecule has 2 atom stereocenters. The highest BCUT2D eigenvalue weighted by Crippen LogP contribution is 2.56. The molecule has 1 fully saturated rings. The monoisotopic (exact) mass is 342 g/mol. The summed E-state index contributed by atoms with van der Waals surface area (Å²) in [6.45, 7) is 2.18. The molecule has 124 valence electrons. The van der Waals surface area contributed by atoms with Gasteiger partial charge in [0.25, 0.3) is 0 Å². The Bertz CT molecular complexity index is 804. The molecule has 2 aliphatic heterocycles. The van der Waals surface area contributed by atoms with E-state index in [9.17, 15) is 9.59 Å². The lowest BCUT2D eigenvalue weighted by Crippen LogP contribution is -2.53. The Morgan fingerprint density at radius 1 is 1.25 bits per heavy atom. The molecular formula is C18H18N2O3S. The molecule has 0 radical (unpaired) electrons. The van der Waals surface area contributed by atoms with Gasteiger partial charge in [-0.2, -0.15) is 0 Å². The van der Waals surface area contributed by atoms with E-state index in [1.165, 1.54) is 12.0 Å². The Labute approximate surface area is 144 Å². The molecule has 24 heavy (non-hydrogen) atoms. The number of anilines is 1. The van der Waals surface area contributed by atoms with Gasteiger partial charge in [-0.3, -0.25) is 9.69 Å². The number of thiophene rings is 1. The van der Waals surface area contributed by atoms with Crippen LogP contribution in [0.4, 0.5) is 10.5 Å². The second-order valence-corrected chi connectivity index (χ2v) is 7.09. The minimum absolute atomic E-state index is 0.0276. The number of carbonyl (C=O) groups is 2. The van der Waals surface area contributed by atoms with Crippen molar-refractivity contribution in [3.63, 3.8) is 0 Å². The summed E-state index contributed by atoms with van der Waals surface area (Å²) in [6, 6.07) is 12.0. The first kappa shape index (κ1) is 15.2. The van der Waals surface area contributed by atoms with Gasteiger partial charge in [-0.1, -0.05) is 24.3 Å². The van der Waals surface area contributed by atoms with Crippen LogP contribution in [0.3, 0.4) is 0 Å². The van der Waals surface area contributed by atoms with Crippen molar-refractivity contribution < 1.29 is 14.3 Å². The molecule has 2 aliphatic rings. The zero-order chi connectivity index (χ0) is 16.9. The van der Waals surface area contributed by atoms with Gasteiger partial charge in [-0.15, -0.1) is 11.3 Å². The van der Waals surface area contributed by atoms with Crippen molar-refractivity contribution in [2.45, 2.75) is 24.9 Å². The van der Waals surface area contributed by atoms with Crippen molar-refractivity contribution in [2.24, 2.45) is 0 Å². The number of methoxy groups -OCH3 is 1. The van der Waals surface area contributed by atoms with Crippen LogP contribution in [-0.4, -0.2) is 36.7 Å². The summed E-state index contributed by atoms with van der Waals surface area (Å²) >= 11 is 1.67. The second kappa shape index (κ2) is 5.34. The number of para-hydroxylation sites is 1. The summed E-state index contributed by atoms with van der Waals surface area (Å²) in [5, 5.41) is 2.04. The molecule has 0 aliphatic carbocycles. The number of carbonyl (C=O) groups excluding carboxylic acids is 2. The van der Waals surface area contributed by atoms with Gasteiger partial charge in [-0.25, -0.2) is 4.79 Å². The lowest BCUT2D eigenvalue weighted by Gasteiger charge is -2.35. The standard InChI is InChI=1S/C18H18N2O3S/c1-12(21)19-10-9-18(15-8-5-11-24-15)13-6-3-4-7-14(13)20(16(18)19)17(22)23-2/h3-8,11,16H,9-10H2,1-2H3/t16-,18+/m0/s1. The molecule has 5 nitrogen and oxygen atoms in total. The van der Waals surface area contributed by atoms with E-state index < -0.39 is 6.09 Å². The number of fused-ring (bicyclic) bond motifs is 3. The van der Waals surface area contributed by atoms with Crippen LogP contribution in [0.2, 0.25) is 0 Å². The average Bonchev–Trinajstić information content (AvgIpc) is 3.28. The summed E-state index contributed by atoms with van der Waals surface area (Å²) in [5.74, 6) is -0.0276. The maximum absolute atomic E-state index is 12.6. The number of nitrogens with zero attached hydrogens (tertiary/aromatic N) is 2. The van der Waals surface area contributed by atoms with Crippen LogP contribution in [0.15, 0.2) is 41.8 Å². The van der Waals surface area contributed by atoms with E-state index in [-0.39, 0.29) is 17.5 Å². The van der Waals surface area contributed by atoms with Crippen LogP contribution in [0, 0.1) is 0 Å². The van der Waals surface area contributed by atoms with Gasteiger partial charge >= 0.3 is 6.09 Å². The number of rotatable bonds is 1. The van der Waals surface area contributed by atoms with Crippen LogP contribution in [0.25, 0.3) is 0 Å². The molecule has 0 spiro atoms. The number of amides is 2. The van der Waals surface area contributed by atoms with Crippen LogP contribution in [0.5, 0.6) is 0 Å². The van der Waals surface area contributed by atoms with Gasteiger partial charge in [0.2, 0.25) is 5.91 Å². The average molecular weight is 342 g/mol. The maximum Gasteiger partial charge on any atom is 0.415 e. The quantitative estimate of drug-likeness (QED) is 0.800. The summed E-state index contributed by atoms with van der Waals surface area (Å²) < 4.78 is 5.04. The number of ether oxygens (including phenoxy) is 1. The molecule has 0 unspecified atom stereocenters. The van der Waals surface area contributed by atoms with Crippen LogP contribution >= 0.6 is 11.3 Å². The van der Waals surface area contributed by atoms with E-state index in [0.717, 1.165) is 17.7 Å². The van der Waals surface area contributed by atoms with Gasteiger partial charge < -0.3 is 9.64 Å². The fourth-order valence-electron chi connectivity index (χ4n) is 4.18. The Morgan fingerprint density at radius 3 is 2.71 bits per heavy atom. The smallest absolute Gasteiger partial charge is 0.415 e. The number of hydrogen-bond donors (Lipinski definition) is 0. The Kier molecular flexibility index (Phi) is 3.38. The van der Waals surface area contributed by atoms with Crippen molar-refractivity contribution in [3.05, 3.63) is 52.2 Å². The molecule has 2 amide bonds. The topological polar surface area (TPSA) is 49.9 Å². The minimum Gasteiger partial charge on any atom is -0.452 e. The zero-order valence-corrected chi connectivity index (χ0v) is 14.4. The van der Waals surface area contributed by atoms with E-state index in [1.807, 2.05) is 29.6 Å². The third-order valence-corrected chi connectivity index (χ3v) is 6.16. The molecule has 3 heterocycles. The van der Waals surface area contributed by atoms with Gasteiger partial charge in [0.15, 0.2) is 0 Å². The third kappa shape index (κ3) is 1.80. The number of benzene rings is 1. The van der Waals surface area contributed by atoms with E-state index in [2.05, 4.69) is 12.1 Å². The van der Waals surface area contributed by atoms with Gasteiger partial charge in [-0.05, 0) is 29.5 Å². The first-order chi connectivity index (χ1) is 11.6. The Morgan fingerprint density at radius 2 is 2.04 bits per heavy atom. The first-order valence-corrected chi connectivity index (χ1v) is 8.77. The largest absolute Gasteiger partial charge is 0.452 e. The number of likely N-dealkylation sites (tertiary alicyclic amines) is 1. The molecule has 1 aromatic carbocycles. The highest BCUT2D eigenvalue weighted by molar-refractivity contribution is 7.10. The van der Waals surface area contributed by atoms with E-state index in [4.69, 9.17) is 4.74 Å². The maximum atomic E-state index is 12.6. The van der Waals surface area contributed by atoms with Gasteiger partial charge in [0.05, 0.1) is 18.2 Å². The van der Waals surface area contributed by atoms with Crippen LogP contribution in [0.1, 0.15) is 23.8 Å². The first-order valence-electron chi connectivity index (χ1n) is 7.89. The van der Waals surface area contributed by atoms with E-state index in [1.54, 1.807) is 28.1 Å². The molecule has 0 bridgehead atoms. The highest BCUT2D eigenvalue weighted by atomic mass is 32.1. The van der Waals surface area contributed by atoms with Gasteiger partial charge in [0.1, 0.15) is 6.17 Å². The zero-order valence-electron chi connectivity index (χ0n) is 13.6. The molecule has 4 rings (SSSR count). The predicted octanol–water partition coefficient (Wildman–Crippen LogP) is 3.20. The third-order valence-electron chi connectivity index (χ3n) is 5.11. The van der Waals surface area contributed by atoms with E-state index >= 15 is 0 Å². The lowest BCUT2D eigenvalue weighted by atomic mass is 9.78. The Hall–Kier alpha value is -2.34. The van der Waals surface area contributed by atoms with Crippen LogP contribution < -0.4 is 4.90 Å². The Balaban J connectivity index is 2.00. The van der Waals surface area contributed by atoms with Crippen molar-refractivity contribution in [1.29, 1.82) is 0 Å². The number of hydrogen-bond acceptors (Lipinski definition) is 4. The summed E-state index contributed by atoms with van der Waals surface area (Å²) in [5.41, 5.74) is 1.53.